The van der Waals surface area contributed by atoms with Crippen molar-refractivity contribution in [2.24, 2.45) is 16.3 Å². The number of unbranched alkanes of at least 4 members (excludes halogenated alkanes) is 6. The van der Waals surface area contributed by atoms with Crippen LogP contribution < -0.4 is 5.73 Å². The molecule has 0 rings (SSSR count). The summed E-state index contributed by atoms with van der Waals surface area (Å²) >= 11 is 0. The zero-order valence-electron chi connectivity index (χ0n) is 15.4. The number of hydrogen-bond acceptors (Lipinski definition) is 3. The molecule has 0 radical (unpaired) electrons. The predicted molar refractivity (Wildman–Crippen MR) is 98.1 cm³/mol. The summed E-state index contributed by atoms with van der Waals surface area (Å²) in [5.41, 5.74) is 6.12. The lowest BCUT2D eigenvalue weighted by molar-refractivity contribution is 0.223. The minimum Gasteiger partial charge on any atom is -0.328 e. The third kappa shape index (κ3) is 10.3. The fraction of sp³-hybridized carbons (Fsp3) is 1.00. The van der Waals surface area contributed by atoms with Crippen molar-refractivity contribution >= 4 is 0 Å². The highest BCUT2D eigenvalue weighted by atomic mass is 16.3. The summed E-state index contributed by atoms with van der Waals surface area (Å²) in [5.74, 6) is 0. The highest BCUT2D eigenvalue weighted by molar-refractivity contribution is 4.80. The molecule has 0 spiro atoms. The number of nitrogens with two attached hydrogens (primary N) is 1. The maximum Gasteiger partial charge on any atom is 0.0867 e. The Morgan fingerprint density at radius 3 is 2.05 bits per heavy atom. The van der Waals surface area contributed by atoms with Crippen LogP contribution in [0.1, 0.15) is 104 Å². The number of rotatable bonds is 16. The molecule has 0 heterocycles. The largest absolute Gasteiger partial charge is 0.328 e. The Labute approximate surface area is 138 Å². The molecule has 0 bridgehead atoms. The van der Waals surface area contributed by atoms with E-state index in [9.17, 15) is 4.91 Å². The van der Waals surface area contributed by atoms with Crippen molar-refractivity contribution in [3.05, 3.63) is 4.91 Å². The monoisotopic (exact) mass is 312 g/mol. The standard InChI is InChI=1S/C19H40N2O/c1-4-7-15-19(6-3,17-21-22)16-13-11-9-8-10-12-14-18(20)5-2/h18H,4-17,20H2,1-3H3. The first-order valence-corrected chi connectivity index (χ1v) is 9.68. The average molecular weight is 313 g/mol. The molecule has 0 fully saturated rings. The summed E-state index contributed by atoms with van der Waals surface area (Å²) in [6, 6.07) is 0.402. The van der Waals surface area contributed by atoms with Gasteiger partial charge in [0.1, 0.15) is 0 Å². The normalized spacial score (nSPS) is 15.5. The van der Waals surface area contributed by atoms with E-state index in [4.69, 9.17) is 5.73 Å². The Kier molecular flexibility index (Phi) is 13.9. The summed E-state index contributed by atoms with van der Waals surface area (Å²) in [4.78, 5) is 10.8. The maximum atomic E-state index is 10.8. The van der Waals surface area contributed by atoms with Crippen molar-refractivity contribution in [3.8, 4) is 0 Å². The Balaban J connectivity index is 3.77. The zero-order chi connectivity index (χ0) is 16.7. The third-order valence-corrected chi connectivity index (χ3v) is 5.27. The molecule has 2 unspecified atom stereocenters. The Morgan fingerprint density at radius 1 is 0.909 bits per heavy atom. The van der Waals surface area contributed by atoms with Crippen LogP contribution >= 0.6 is 0 Å². The fourth-order valence-electron chi connectivity index (χ4n) is 3.25. The lowest BCUT2D eigenvalue weighted by Crippen LogP contribution is -2.23. The molecule has 2 atom stereocenters. The quantitative estimate of drug-likeness (QED) is 0.272. The Bertz CT molecular complexity index is 258. The SMILES string of the molecule is CCCCC(CC)(CCCCCCCCC(N)CC)CN=O. The van der Waals surface area contributed by atoms with Crippen molar-refractivity contribution in [1.82, 2.24) is 0 Å². The lowest BCUT2D eigenvalue weighted by atomic mass is 9.76. The Morgan fingerprint density at radius 2 is 1.50 bits per heavy atom. The molecule has 0 saturated carbocycles. The first-order valence-electron chi connectivity index (χ1n) is 9.68. The van der Waals surface area contributed by atoms with Crippen LogP contribution in [0, 0.1) is 10.3 Å². The van der Waals surface area contributed by atoms with Gasteiger partial charge < -0.3 is 5.73 Å². The van der Waals surface area contributed by atoms with E-state index in [0.717, 1.165) is 12.8 Å². The summed E-state index contributed by atoms with van der Waals surface area (Å²) < 4.78 is 0. The van der Waals surface area contributed by atoms with Gasteiger partial charge >= 0.3 is 0 Å². The first kappa shape index (κ1) is 21.6. The van der Waals surface area contributed by atoms with Gasteiger partial charge in [0.15, 0.2) is 0 Å². The van der Waals surface area contributed by atoms with Gasteiger partial charge in [-0.1, -0.05) is 77.3 Å². The summed E-state index contributed by atoms with van der Waals surface area (Å²) in [7, 11) is 0. The number of hydrogen-bond donors (Lipinski definition) is 1. The van der Waals surface area contributed by atoms with Gasteiger partial charge in [0.05, 0.1) is 6.54 Å². The van der Waals surface area contributed by atoms with Crippen molar-refractivity contribution in [2.45, 2.75) is 110 Å². The second-order valence-corrected chi connectivity index (χ2v) is 7.07. The highest BCUT2D eigenvalue weighted by Gasteiger charge is 2.27. The fourth-order valence-corrected chi connectivity index (χ4v) is 3.25. The van der Waals surface area contributed by atoms with E-state index in [1.54, 1.807) is 0 Å². The van der Waals surface area contributed by atoms with Gasteiger partial charge in [-0.3, -0.25) is 0 Å². The van der Waals surface area contributed by atoms with E-state index >= 15 is 0 Å². The van der Waals surface area contributed by atoms with Gasteiger partial charge in [0.2, 0.25) is 0 Å². The van der Waals surface area contributed by atoms with Gasteiger partial charge in [-0.05, 0) is 37.5 Å². The highest BCUT2D eigenvalue weighted by Crippen LogP contribution is 2.35. The van der Waals surface area contributed by atoms with Crippen LogP contribution in [-0.2, 0) is 0 Å². The number of nitrogens with zero attached hydrogens (tertiary/aromatic N) is 1. The predicted octanol–water partition coefficient (Wildman–Crippen LogP) is 6.20. The lowest BCUT2D eigenvalue weighted by Gasteiger charge is -2.30. The molecule has 0 aliphatic carbocycles. The van der Waals surface area contributed by atoms with Gasteiger partial charge in [-0.25, -0.2) is 0 Å². The molecule has 0 aromatic carbocycles. The van der Waals surface area contributed by atoms with E-state index in [-0.39, 0.29) is 5.41 Å². The van der Waals surface area contributed by atoms with Gasteiger partial charge in [-0.2, -0.15) is 4.91 Å². The molecular weight excluding hydrogens is 272 g/mol. The molecule has 3 nitrogen and oxygen atoms in total. The molecule has 0 aliphatic rings. The molecule has 0 amide bonds. The van der Waals surface area contributed by atoms with E-state index in [1.807, 2.05) is 0 Å². The third-order valence-electron chi connectivity index (χ3n) is 5.27. The van der Waals surface area contributed by atoms with Crippen LogP contribution in [0.25, 0.3) is 0 Å². The summed E-state index contributed by atoms with van der Waals surface area (Å²) in [6.07, 6.45) is 15.9. The van der Waals surface area contributed by atoms with Crippen molar-refractivity contribution in [1.29, 1.82) is 0 Å². The van der Waals surface area contributed by atoms with Crippen LogP contribution in [-0.4, -0.2) is 12.6 Å². The van der Waals surface area contributed by atoms with Crippen LogP contribution in [0.3, 0.4) is 0 Å². The Hall–Kier alpha value is -0.440. The molecule has 0 saturated heterocycles. The summed E-state index contributed by atoms with van der Waals surface area (Å²) in [6.45, 7) is 7.12. The molecule has 22 heavy (non-hydrogen) atoms. The molecular formula is C19H40N2O. The molecule has 0 aliphatic heterocycles. The van der Waals surface area contributed by atoms with Crippen LogP contribution in [0.2, 0.25) is 0 Å². The van der Waals surface area contributed by atoms with E-state index in [0.29, 0.717) is 12.6 Å². The van der Waals surface area contributed by atoms with Crippen LogP contribution in [0.4, 0.5) is 0 Å². The second-order valence-electron chi connectivity index (χ2n) is 7.07. The zero-order valence-corrected chi connectivity index (χ0v) is 15.4. The van der Waals surface area contributed by atoms with E-state index in [2.05, 4.69) is 25.9 Å². The van der Waals surface area contributed by atoms with Crippen molar-refractivity contribution in [2.75, 3.05) is 6.54 Å². The first-order chi connectivity index (χ1) is 10.6. The molecule has 3 heteroatoms. The van der Waals surface area contributed by atoms with Crippen LogP contribution in [0.15, 0.2) is 5.18 Å². The molecule has 132 valence electrons. The van der Waals surface area contributed by atoms with Crippen molar-refractivity contribution < 1.29 is 0 Å². The minimum atomic E-state index is 0.186. The van der Waals surface area contributed by atoms with E-state index < -0.39 is 0 Å². The smallest absolute Gasteiger partial charge is 0.0867 e. The molecule has 0 aromatic heterocycles. The second kappa shape index (κ2) is 14.2. The molecule has 0 aromatic rings. The van der Waals surface area contributed by atoms with Gasteiger partial charge in [-0.15, -0.1) is 0 Å². The van der Waals surface area contributed by atoms with E-state index in [1.165, 1.54) is 70.6 Å². The van der Waals surface area contributed by atoms with Crippen molar-refractivity contribution in [3.63, 3.8) is 0 Å². The van der Waals surface area contributed by atoms with Gasteiger partial charge in [0.25, 0.3) is 0 Å². The van der Waals surface area contributed by atoms with Gasteiger partial charge in [0, 0.05) is 6.04 Å². The number of nitroso groups, excluding NO2 is 1. The average Bonchev–Trinajstić information content (AvgIpc) is 2.54. The summed E-state index contributed by atoms with van der Waals surface area (Å²) in [5, 5.41) is 3.23. The van der Waals surface area contributed by atoms with Crippen LogP contribution in [0.5, 0.6) is 0 Å². The topological polar surface area (TPSA) is 55.4 Å². The maximum absolute atomic E-state index is 10.8. The minimum absolute atomic E-state index is 0.186. The molecule has 2 N–H and O–H groups in total.